The topological polar surface area (TPSA) is 55.8 Å². The van der Waals surface area contributed by atoms with E-state index in [1.165, 1.54) is 5.56 Å². The van der Waals surface area contributed by atoms with Crippen LogP contribution in [0.5, 0.6) is 11.5 Å². The summed E-state index contributed by atoms with van der Waals surface area (Å²) >= 11 is 0. The van der Waals surface area contributed by atoms with E-state index in [9.17, 15) is 9.59 Å². The highest BCUT2D eigenvalue weighted by atomic mass is 16.5. The van der Waals surface area contributed by atoms with Crippen molar-refractivity contribution in [2.75, 3.05) is 20.8 Å². The van der Waals surface area contributed by atoms with Crippen LogP contribution in [0.25, 0.3) is 0 Å². The molecule has 142 valence electrons. The molecule has 1 aliphatic heterocycles. The predicted octanol–water partition coefficient (Wildman–Crippen LogP) is 3.81. The van der Waals surface area contributed by atoms with Crippen molar-refractivity contribution < 1.29 is 19.1 Å². The van der Waals surface area contributed by atoms with E-state index in [0.29, 0.717) is 17.9 Å². The van der Waals surface area contributed by atoms with Crippen molar-refractivity contribution >= 4 is 11.7 Å². The first-order valence-corrected chi connectivity index (χ1v) is 9.17. The van der Waals surface area contributed by atoms with Gasteiger partial charge in [0.1, 0.15) is 11.5 Å². The number of nitrogens with zero attached hydrogens (tertiary/aromatic N) is 1. The van der Waals surface area contributed by atoms with Gasteiger partial charge in [0.15, 0.2) is 5.78 Å². The zero-order valence-electron chi connectivity index (χ0n) is 16.0. The molecule has 1 heterocycles. The van der Waals surface area contributed by atoms with E-state index in [2.05, 4.69) is 0 Å². The zero-order chi connectivity index (χ0) is 19.4. The summed E-state index contributed by atoms with van der Waals surface area (Å²) in [6.07, 6.45) is 1.24. The highest BCUT2D eigenvalue weighted by Crippen LogP contribution is 2.32. The molecule has 0 aliphatic carbocycles. The quantitative estimate of drug-likeness (QED) is 0.729. The largest absolute Gasteiger partial charge is 0.497 e. The minimum atomic E-state index is -0.0270. The third kappa shape index (κ3) is 4.13. The van der Waals surface area contributed by atoms with E-state index in [0.717, 1.165) is 17.7 Å². The summed E-state index contributed by atoms with van der Waals surface area (Å²) in [5.74, 6) is 1.54. The average molecular weight is 367 g/mol. The van der Waals surface area contributed by atoms with Gasteiger partial charge in [-0.15, -0.1) is 0 Å². The maximum absolute atomic E-state index is 12.7. The van der Waals surface area contributed by atoms with E-state index in [1.54, 1.807) is 38.5 Å². The Morgan fingerprint density at radius 1 is 1.00 bits per heavy atom. The molecule has 2 aromatic rings. The second-order valence-electron chi connectivity index (χ2n) is 6.73. The van der Waals surface area contributed by atoms with Gasteiger partial charge in [0, 0.05) is 24.9 Å². The number of Topliss-reactive ketones (excluding diaryl/α,β-unsaturated/α-hetero) is 1. The van der Waals surface area contributed by atoms with Crippen LogP contribution < -0.4 is 9.47 Å². The fourth-order valence-corrected chi connectivity index (χ4v) is 3.56. The third-order valence-electron chi connectivity index (χ3n) is 5.19. The summed E-state index contributed by atoms with van der Waals surface area (Å²) in [6, 6.07) is 13.0. The Morgan fingerprint density at radius 3 is 2.33 bits per heavy atom. The molecule has 1 amide bonds. The van der Waals surface area contributed by atoms with Crippen molar-refractivity contribution in [2.45, 2.75) is 32.2 Å². The molecule has 2 aromatic carbocycles. The average Bonchev–Trinajstić information content (AvgIpc) is 2.71. The van der Waals surface area contributed by atoms with E-state index in [1.807, 2.05) is 30.0 Å². The minimum absolute atomic E-state index is 0.00300. The van der Waals surface area contributed by atoms with Gasteiger partial charge >= 0.3 is 0 Å². The van der Waals surface area contributed by atoms with Crippen molar-refractivity contribution in [1.29, 1.82) is 0 Å². The zero-order valence-corrected chi connectivity index (χ0v) is 16.0. The van der Waals surface area contributed by atoms with Crippen LogP contribution in [0.2, 0.25) is 0 Å². The Labute approximate surface area is 159 Å². The molecule has 27 heavy (non-hydrogen) atoms. The lowest BCUT2D eigenvalue weighted by Gasteiger charge is -2.35. The fourth-order valence-electron chi connectivity index (χ4n) is 3.56. The summed E-state index contributed by atoms with van der Waals surface area (Å²) in [5.41, 5.74) is 2.98. The van der Waals surface area contributed by atoms with E-state index >= 15 is 0 Å². The van der Waals surface area contributed by atoms with Gasteiger partial charge in [-0.25, -0.2) is 0 Å². The van der Waals surface area contributed by atoms with Crippen LogP contribution >= 0.6 is 0 Å². The normalized spacial score (nSPS) is 15.8. The Bertz CT molecular complexity index is 829. The number of ketones is 1. The Morgan fingerprint density at radius 2 is 1.67 bits per heavy atom. The summed E-state index contributed by atoms with van der Waals surface area (Å²) < 4.78 is 10.4. The van der Waals surface area contributed by atoms with Crippen molar-refractivity contribution in [2.24, 2.45) is 0 Å². The SMILES string of the molecule is COc1ccc(C(=O)CCC(=O)N2CCc3cc(OC)ccc3C2C)cc1. The highest BCUT2D eigenvalue weighted by Gasteiger charge is 2.27. The fraction of sp³-hybridized carbons (Fsp3) is 0.364. The van der Waals surface area contributed by atoms with Gasteiger partial charge < -0.3 is 14.4 Å². The Balaban J connectivity index is 1.61. The van der Waals surface area contributed by atoms with E-state index in [4.69, 9.17) is 9.47 Å². The van der Waals surface area contributed by atoms with Crippen molar-refractivity contribution in [3.63, 3.8) is 0 Å². The molecule has 0 radical (unpaired) electrons. The number of ether oxygens (including phenoxy) is 2. The van der Waals surface area contributed by atoms with Crippen LogP contribution in [0.1, 0.15) is 47.3 Å². The first kappa shape index (κ1) is 19.0. The molecular weight excluding hydrogens is 342 g/mol. The Hall–Kier alpha value is -2.82. The maximum atomic E-state index is 12.7. The number of hydrogen-bond donors (Lipinski definition) is 0. The molecule has 0 fully saturated rings. The summed E-state index contributed by atoms with van der Waals surface area (Å²) in [6.45, 7) is 2.70. The number of hydrogen-bond acceptors (Lipinski definition) is 4. The number of fused-ring (bicyclic) bond motifs is 1. The number of carbonyl (C=O) groups is 2. The summed E-state index contributed by atoms with van der Waals surface area (Å²) in [4.78, 5) is 26.9. The van der Waals surface area contributed by atoms with Gasteiger partial charge in [-0.3, -0.25) is 9.59 Å². The summed E-state index contributed by atoms with van der Waals surface area (Å²) in [7, 11) is 3.24. The number of methoxy groups -OCH3 is 2. The number of rotatable bonds is 6. The van der Waals surface area contributed by atoms with Crippen LogP contribution in [0.4, 0.5) is 0 Å². The molecule has 5 nitrogen and oxygen atoms in total. The van der Waals surface area contributed by atoms with Gasteiger partial charge in [-0.1, -0.05) is 6.07 Å². The molecule has 0 spiro atoms. The lowest BCUT2D eigenvalue weighted by molar-refractivity contribution is -0.133. The molecule has 3 rings (SSSR count). The standard InChI is InChI=1S/C22H25NO4/c1-15-20-9-8-19(27-3)14-17(20)12-13-23(15)22(25)11-10-21(24)16-4-6-18(26-2)7-5-16/h4-9,14-15H,10-13H2,1-3H3. The monoisotopic (exact) mass is 367 g/mol. The Kier molecular flexibility index (Phi) is 5.79. The lowest BCUT2D eigenvalue weighted by Crippen LogP contribution is -2.38. The molecule has 0 aromatic heterocycles. The first-order chi connectivity index (χ1) is 13.0. The van der Waals surface area contributed by atoms with E-state index < -0.39 is 0 Å². The molecule has 1 atom stereocenters. The lowest BCUT2D eigenvalue weighted by atomic mass is 9.92. The molecule has 0 saturated heterocycles. The molecule has 5 heteroatoms. The second kappa shape index (κ2) is 8.25. The first-order valence-electron chi connectivity index (χ1n) is 9.17. The van der Waals surface area contributed by atoms with Gasteiger partial charge in [-0.2, -0.15) is 0 Å². The van der Waals surface area contributed by atoms with Gasteiger partial charge in [0.2, 0.25) is 5.91 Å². The smallest absolute Gasteiger partial charge is 0.223 e. The van der Waals surface area contributed by atoms with Crippen LogP contribution in [0.3, 0.4) is 0 Å². The van der Waals surface area contributed by atoms with Crippen LogP contribution in [0.15, 0.2) is 42.5 Å². The molecule has 0 bridgehead atoms. The molecule has 1 aliphatic rings. The molecule has 0 saturated carbocycles. The molecule has 1 unspecified atom stereocenters. The number of carbonyl (C=O) groups excluding carboxylic acids is 2. The summed E-state index contributed by atoms with van der Waals surface area (Å²) in [5, 5.41) is 0. The highest BCUT2D eigenvalue weighted by molar-refractivity contribution is 5.98. The number of amides is 1. The maximum Gasteiger partial charge on any atom is 0.223 e. The molecule has 0 N–H and O–H groups in total. The van der Waals surface area contributed by atoms with Gasteiger partial charge in [0.05, 0.1) is 20.3 Å². The van der Waals surface area contributed by atoms with Crippen LogP contribution in [-0.4, -0.2) is 37.4 Å². The third-order valence-corrected chi connectivity index (χ3v) is 5.19. The van der Waals surface area contributed by atoms with E-state index in [-0.39, 0.29) is 30.6 Å². The van der Waals surface area contributed by atoms with Crippen molar-refractivity contribution in [3.8, 4) is 11.5 Å². The predicted molar refractivity (Wildman–Crippen MR) is 103 cm³/mol. The molecular formula is C22H25NO4. The van der Waals surface area contributed by atoms with Crippen molar-refractivity contribution in [1.82, 2.24) is 4.90 Å². The van der Waals surface area contributed by atoms with Crippen molar-refractivity contribution in [3.05, 3.63) is 59.2 Å². The minimum Gasteiger partial charge on any atom is -0.497 e. The van der Waals surface area contributed by atoms with Gasteiger partial charge in [-0.05, 0) is 60.9 Å². The van der Waals surface area contributed by atoms with Gasteiger partial charge in [0.25, 0.3) is 0 Å². The second-order valence-corrected chi connectivity index (χ2v) is 6.73. The number of benzene rings is 2. The van der Waals surface area contributed by atoms with Crippen LogP contribution in [0, 0.1) is 0 Å². The van der Waals surface area contributed by atoms with Crippen LogP contribution in [-0.2, 0) is 11.2 Å².